The fourth-order valence-corrected chi connectivity index (χ4v) is 9.26. The topological polar surface area (TPSA) is 132 Å². The molecule has 16 heteroatoms. The summed E-state index contributed by atoms with van der Waals surface area (Å²) in [6.45, 7) is 19.5. The third kappa shape index (κ3) is 8.61. The Balaban J connectivity index is 1.26. The maximum atomic E-state index is 14.8. The predicted octanol–water partition coefficient (Wildman–Crippen LogP) is -1.34. The minimum Gasteiger partial charge on any atom is -0.494 e. The van der Waals surface area contributed by atoms with E-state index < -0.39 is 0 Å². The van der Waals surface area contributed by atoms with Gasteiger partial charge < -0.3 is 30.0 Å². The zero-order valence-electron chi connectivity index (χ0n) is 35.2. The van der Waals surface area contributed by atoms with Crippen LogP contribution in [0.15, 0.2) is 31.5 Å². The molecule has 6 aliphatic rings. The minimum absolute atomic E-state index is 0.141. The molecule has 1 aromatic carbocycles. The lowest BCUT2D eigenvalue weighted by Crippen LogP contribution is -2.47. The van der Waals surface area contributed by atoms with Crippen molar-refractivity contribution in [2.75, 3.05) is 177 Å². The molecule has 58 heavy (non-hydrogen) atoms. The summed E-state index contributed by atoms with van der Waals surface area (Å²) in [4.78, 5) is 68.0. The quantitative estimate of drug-likeness (QED) is 0.155. The van der Waals surface area contributed by atoms with Crippen LogP contribution < -0.4 is 27.4 Å². The summed E-state index contributed by atoms with van der Waals surface area (Å²) < 4.78 is 2.88. The molecule has 0 unspecified atom stereocenters. The Labute approximate surface area is 341 Å². The molecule has 1 aromatic heterocycles. The van der Waals surface area contributed by atoms with Crippen molar-refractivity contribution in [3.8, 4) is 17.0 Å². The molecule has 0 radical (unpaired) electrons. The van der Waals surface area contributed by atoms with Crippen molar-refractivity contribution in [2.45, 2.75) is 13.1 Å². The zero-order chi connectivity index (χ0) is 40.5. The molecular formula is C42H64N12O4. The van der Waals surface area contributed by atoms with Gasteiger partial charge in [-0.1, -0.05) is 0 Å². The van der Waals surface area contributed by atoms with E-state index >= 15 is 0 Å². The van der Waals surface area contributed by atoms with E-state index in [4.69, 9.17) is 4.99 Å². The molecule has 5 aliphatic heterocycles. The Hall–Kier alpha value is -3.74. The number of benzene rings is 2. The van der Waals surface area contributed by atoms with Gasteiger partial charge in [0.05, 0.1) is 28.2 Å². The van der Waals surface area contributed by atoms with Gasteiger partial charge in [-0.05, 0) is 40.3 Å². The van der Waals surface area contributed by atoms with Crippen LogP contribution in [-0.2, 0) is 13.1 Å². The van der Waals surface area contributed by atoms with E-state index in [0.717, 1.165) is 118 Å². The number of rotatable bonds is 13. The average molecular weight is 801 g/mol. The van der Waals surface area contributed by atoms with Gasteiger partial charge in [0.15, 0.2) is 0 Å². The number of hydrogen-bond donors (Lipinski definition) is 2. The molecule has 2 aromatic rings. The summed E-state index contributed by atoms with van der Waals surface area (Å²) in [6.07, 6.45) is 0. The second kappa shape index (κ2) is 17.9. The molecule has 16 nitrogen and oxygen atoms in total. The van der Waals surface area contributed by atoms with Gasteiger partial charge in [-0.25, -0.2) is 0 Å². The van der Waals surface area contributed by atoms with Gasteiger partial charge in [0.1, 0.15) is 0 Å². The zero-order valence-corrected chi connectivity index (χ0v) is 35.2. The highest BCUT2D eigenvalue weighted by Gasteiger charge is 2.30. The van der Waals surface area contributed by atoms with Crippen LogP contribution in [0.5, 0.6) is 5.88 Å². The van der Waals surface area contributed by atoms with E-state index in [0.29, 0.717) is 76.4 Å². The number of anilines is 1. The van der Waals surface area contributed by atoms with Crippen LogP contribution in [0.2, 0.25) is 0 Å². The first-order chi connectivity index (χ1) is 28.0. The SMILES string of the molecule is CN1CCN(CCN=c2cc3c(=O)n(CCN4CCN(C)CC4)c(=O)c4c(NCCN5CCN(C)CC5)cc5c(O)n(CCN6CCN(C)CC6)c(=O)c2c5c4-3)CC1. The number of hydrogen-bond acceptors (Lipinski definition) is 14. The van der Waals surface area contributed by atoms with Crippen molar-refractivity contribution in [3.63, 3.8) is 0 Å². The summed E-state index contributed by atoms with van der Waals surface area (Å²) in [5.41, 5.74) is 0.292. The van der Waals surface area contributed by atoms with Crippen molar-refractivity contribution in [1.82, 2.24) is 48.3 Å². The molecule has 0 saturated carbocycles. The monoisotopic (exact) mass is 801 g/mol. The molecule has 316 valence electrons. The van der Waals surface area contributed by atoms with Gasteiger partial charge in [0.2, 0.25) is 5.88 Å². The highest BCUT2D eigenvalue weighted by molar-refractivity contribution is 6.18. The Morgan fingerprint density at radius 3 is 1.53 bits per heavy atom. The fourth-order valence-electron chi connectivity index (χ4n) is 9.26. The van der Waals surface area contributed by atoms with Crippen LogP contribution >= 0.6 is 0 Å². The molecule has 4 fully saturated rings. The van der Waals surface area contributed by atoms with E-state index in [-0.39, 0.29) is 29.1 Å². The molecule has 4 saturated heterocycles. The predicted molar refractivity (Wildman–Crippen MR) is 232 cm³/mol. The second-order valence-electron chi connectivity index (χ2n) is 17.3. The first-order valence-electron chi connectivity index (χ1n) is 21.5. The summed E-state index contributed by atoms with van der Waals surface area (Å²) in [5.74, 6) is -0.141. The molecule has 6 heterocycles. The number of aromatic nitrogens is 2. The lowest BCUT2D eigenvalue weighted by atomic mass is 9.89. The number of nitrogens with one attached hydrogen (secondary N) is 1. The fraction of sp³-hybridized carbons (Fsp3) is 0.667. The largest absolute Gasteiger partial charge is 0.494 e. The van der Waals surface area contributed by atoms with Crippen molar-refractivity contribution >= 4 is 27.2 Å². The molecular weight excluding hydrogens is 737 g/mol. The molecule has 0 amide bonds. The maximum absolute atomic E-state index is 14.8. The lowest BCUT2D eigenvalue weighted by Gasteiger charge is -2.33. The Bertz CT molecular complexity index is 2230. The summed E-state index contributed by atoms with van der Waals surface area (Å²) in [5, 5.41) is 17.8. The van der Waals surface area contributed by atoms with Crippen LogP contribution in [0.25, 0.3) is 32.7 Å². The molecule has 1 aliphatic carbocycles. The number of piperazine rings is 4. The van der Waals surface area contributed by atoms with Gasteiger partial charge in [-0.3, -0.25) is 48.1 Å². The highest BCUT2D eigenvalue weighted by atomic mass is 16.3. The van der Waals surface area contributed by atoms with Crippen LogP contribution in [0.3, 0.4) is 0 Å². The third-order valence-corrected chi connectivity index (χ3v) is 13.4. The summed E-state index contributed by atoms with van der Waals surface area (Å²) in [6, 6.07) is 3.61. The second-order valence-corrected chi connectivity index (χ2v) is 17.3. The van der Waals surface area contributed by atoms with Crippen LogP contribution in [0, 0.1) is 0 Å². The van der Waals surface area contributed by atoms with Gasteiger partial charge in [-0.2, -0.15) is 0 Å². The average Bonchev–Trinajstić information content (AvgIpc) is 3.22. The Kier molecular flexibility index (Phi) is 12.6. The Morgan fingerprint density at radius 1 is 0.534 bits per heavy atom. The highest BCUT2D eigenvalue weighted by Crippen LogP contribution is 2.40. The van der Waals surface area contributed by atoms with Gasteiger partial charge in [-0.15, -0.1) is 0 Å². The van der Waals surface area contributed by atoms with E-state index in [1.165, 1.54) is 9.13 Å². The van der Waals surface area contributed by atoms with Gasteiger partial charge in [0.25, 0.3) is 16.7 Å². The number of aromatic hydroxyl groups is 1. The normalized spacial score (nSPS) is 21.4. The van der Waals surface area contributed by atoms with E-state index in [9.17, 15) is 19.5 Å². The maximum Gasteiger partial charge on any atom is 0.263 e. The smallest absolute Gasteiger partial charge is 0.263 e. The van der Waals surface area contributed by atoms with Crippen molar-refractivity contribution in [3.05, 3.63) is 48.6 Å². The molecule has 0 bridgehead atoms. The molecule has 0 spiro atoms. The van der Waals surface area contributed by atoms with Crippen LogP contribution in [0.4, 0.5) is 5.69 Å². The van der Waals surface area contributed by atoms with E-state index in [1.54, 1.807) is 6.07 Å². The number of likely N-dealkylation sites (N-methyl/N-ethyl adjacent to an activating group) is 4. The molecule has 8 rings (SSSR count). The lowest BCUT2D eigenvalue weighted by molar-refractivity contribution is 0.148. The summed E-state index contributed by atoms with van der Waals surface area (Å²) >= 11 is 0. The molecule has 2 N–H and O–H groups in total. The first kappa shape index (κ1) is 41.0. The van der Waals surface area contributed by atoms with E-state index in [1.807, 2.05) is 6.07 Å². The van der Waals surface area contributed by atoms with Gasteiger partial charge >= 0.3 is 0 Å². The third-order valence-electron chi connectivity index (χ3n) is 13.4. The summed E-state index contributed by atoms with van der Waals surface area (Å²) in [7, 11) is 8.51. The van der Waals surface area contributed by atoms with Crippen molar-refractivity contribution in [1.29, 1.82) is 0 Å². The molecule has 0 atom stereocenters. The van der Waals surface area contributed by atoms with Gasteiger partial charge in [0, 0.05) is 173 Å². The van der Waals surface area contributed by atoms with Crippen molar-refractivity contribution < 1.29 is 5.11 Å². The van der Waals surface area contributed by atoms with Crippen LogP contribution in [0.1, 0.15) is 0 Å². The van der Waals surface area contributed by atoms with Crippen LogP contribution in [-0.4, -0.2) is 226 Å². The number of pyridine rings is 2. The minimum atomic E-state index is -0.376. The van der Waals surface area contributed by atoms with E-state index in [2.05, 4.69) is 72.7 Å². The number of nitrogens with zero attached hydrogens (tertiary/aromatic N) is 11. The van der Waals surface area contributed by atoms with Crippen molar-refractivity contribution in [2.24, 2.45) is 4.99 Å². The Morgan fingerprint density at radius 2 is 1.00 bits per heavy atom. The standard InChI is InChI=1S/C42H64N12O4/c1-45-9-17-49(18-10-45)7-5-43-33-29-31-36-35-32(40(56)53(41(57)37(33)35)27-25-51-21-13-47(3)14-22-51)30-34(44-6-8-50-19-11-46(2)12-20-50)38(36)42(58)54(39(31)55)28-26-52-23-15-48(4)16-24-52/h29-30,43,55H,5-28H2,1-4H3. The first-order valence-corrected chi connectivity index (χ1v) is 21.5.